The molecule has 2 aromatic rings. The summed E-state index contributed by atoms with van der Waals surface area (Å²) in [4.78, 5) is 30.0. The number of hydrogen-bond donors (Lipinski definition) is 1. The molecule has 2 N–H and O–H groups in total. The summed E-state index contributed by atoms with van der Waals surface area (Å²) in [6.07, 6.45) is 0.711. The molecule has 0 aliphatic carbocycles. The minimum absolute atomic E-state index is 0.178. The average molecular weight is 307 g/mol. The maximum Gasteiger partial charge on any atom is 0.332 e. The fourth-order valence-corrected chi connectivity index (χ4v) is 2.78. The third-order valence-electron chi connectivity index (χ3n) is 3.71. The summed E-state index contributed by atoms with van der Waals surface area (Å²) in [6.45, 7) is 10.7. The van der Waals surface area contributed by atoms with Crippen LogP contribution in [0.1, 0.15) is 40.4 Å². The molecule has 7 heteroatoms. The molecule has 0 unspecified atom stereocenters. The molecule has 122 valence electrons. The molecule has 0 saturated carbocycles. The van der Waals surface area contributed by atoms with E-state index in [1.165, 1.54) is 4.57 Å². The zero-order valence-electron chi connectivity index (χ0n) is 14.0. The van der Waals surface area contributed by atoms with Gasteiger partial charge in [0.1, 0.15) is 5.82 Å². The number of rotatable bonds is 5. The number of hydrogen-bond acceptors (Lipinski definition) is 4. The molecule has 0 aromatic carbocycles. The predicted molar refractivity (Wildman–Crippen MR) is 87.2 cm³/mol. The van der Waals surface area contributed by atoms with Crippen LogP contribution in [-0.4, -0.2) is 24.2 Å². The van der Waals surface area contributed by atoms with Crippen LogP contribution < -0.4 is 17.0 Å². The van der Waals surface area contributed by atoms with E-state index in [9.17, 15) is 9.59 Å². The van der Waals surface area contributed by atoms with Gasteiger partial charge in [-0.25, -0.2) is 9.78 Å². The zero-order chi connectivity index (χ0) is 16.7. The third-order valence-corrected chi connectivity index (χ3v) is 3.71. The van der Waals surface area contributed by atoms with Gasteiger partial charge in [0.15, 0.2) is 11.2 Å². The summed E-state index contributed by atoms with van der Waals surface area (Å²) in [7, 11) is 0. The summed E-state index contributed by atoms with van der Waals surface area (Å²) in [5.74, 6) is 0.820. The highest BCUT2D eigenvalue weighted by molar-refractivity contribution is 5.71. The van der Waals surface area contributed by atoms with E-state index in [1.807, 2.05) is 25.3 Å². The van der Waals surface area contributed by atoms with Gasteiger partial charge in [0.05, 0.1) is 0 Å². The monoisotopic (exact) mass is 307 g/mol. The summed E-state index contributed by atoms with van der Waals surface area (Å²) in [5.41, 5.74) is 5.68. The minimum atomic E-state index is -0.646. The van der Waals surface area contributed by atoms with Crippen LogP contribution in [0.25, 0.3) is 11.2 Å². The predicted octanol–water partition coefficient (Wildman–Crippen LogP) is 0.699. The van der Waals surface area contributed by atoms with Crippen molar-refractivity contribution < 1.29 is 0 Å². The lowest BCUT2D eigenvalue weighted by Gasteiger charge is -2.20. The Kier molecular flexibility index (Phi) is 4.28. The van der Waals surface area contributed by atoms with E-state index in [4.69, 9.17) is 5.73 Å². The molecular formula is C15H25N5O2. The van der Waals surface area contributed by atoms with E-state index in [2.05, 4.69) is 4.98 Å². The van der Waals surface area contributed by atoms with Crippen molar-refractivity contribution in [2.45, 2.75) is 66.2 Å². The van der Waals surface area contributed by atoms with Crippen molar-refractivity contribution in [2.75, 3.05) is 0 Å². The maximum atomic E-state index is 12.8. The van der Waals surface area contributed by atoms with Crippen LogP contribution >= 0.6 is 0 Å². The molecule has 0 aliphatic heterocycles. The fraction of sp³-hybridized carbons (Fsp3) is 0.667. The minimum Gasteiger partial charge on any atom is -0.324 e. The molecule has 0 bridgehead atoms. The Morgan fingerprint density at radius 3 is 2.09 bits per heavy atom. The molecule has 2 heterocycles. The molecule has 0 fully saturated rings. The Morgan fingerprint density at radius 1 is 1.05 bits per heavy atom. The van der Waals surface area contributed by atoms with Gasteiger partial charge >= 0.3 is 5.69 Å². The summed E-state index contributed by atoms with van der Waals surface area (Å²) >= 11 is 0. The molecule has 0 radical (unpaired) electrons. The Bertz CT molecular complexity index is 804. The second kappa shape index (κ2) is 5.72. The van der Waals surface area contributed by atoms with E-state index in [-0.39, 0.29) is 17.8 Å². The fourth-order valence-electron chi connectivity index (χ4n) is 2.78. The Hall–Kier alpha value is -1.89. The quantitative estimate of drug-likeness (QED) is 0.880. The highest BCUT2D eigenvalue weighted by Gasteiger charge is 2.22. The first-order valence-electron chi connectivity index (χ1n) is 7.76. The van der Waals surface area contributed by atoms with Crippen molar-refractivity contribution in [3.05, 3.63) is 26.7 Å². The van der Waals surface area contributed by atoms with Crippen molar-refractivity contribution in [1.82, 2.24) is 18.7 Å². The molecule has 0 spiro atoms. The second-order valence-corrected chi connectivity index (χ2v) is 6.20. The van der Waals surface area contributed by atoms with E-state index in [0.717, 1.165) is 5.82 Å². The highest BCUT2D eigenvalue weighted by atomic mass is 16.2. The number of nitrogens with zero attached hydrogens (tertiary/aromatic N) is 4. The van der Waals surface area contributed by atoms with E-state index < -0.39 is 5.54 Å². The zero-order valence-corrected chi connectivity index (χ0v) is 14.0. The third kappa shape index (κ3) is 2.61. The van der Waals surface area contributed by atoms with Crippen LogP contribution in [0.3, 0.4) is 0 Å². The summed E-state index contributed by atoms with van der Waals surface area (Å²) in [5, 5.41) is 0. The van der Waals surface area contributed by atoms with Gasteiger partial charge in [0, 0.05) is 31.6 Å². The van der Waals surface area contributed by atoms with Crippen LogP contribution in [0.2, 0.25) is 0 Å². The lowest BCUT2D eigenvalue weighted by atomic mass is 10.1. The van der Waals surface area contributed by atoms with Crippen LogP contribution in [0.15, 0.2) is 9.59 Å². The van der Waals surface area contributed by atoms with Crippen molar-refractivity contribution in [3.63, 3.8) is 0 Å². The van der Waals surface area contributed by atoms with Crippen molar-refractivity contribution >= 4 is 11.2 Å². The van der Waals surface area contributed by atoms with Gasteiger partial charge < -0.3 is 10.3 Å². The molecule has 0 saturated heterocycles. The smallest absolute Gasteiger partial charge is 0.324 e. The number of fused-ring (bicyclic) bond motifs is 1. The molecule has 2 rings (SSSR count). The molecule has 0 amide bonds. The standard InChI is InChI=1S/C15H25N5O2/c1-6-10-17-12-11(18(10)7-2)13(21)20(9-15(4,5)16)14(22)19(12)8-3/h6-9,16H2,1-5H3. The summed E-state index contributed by atoms with van der Waals surface area (Å²) < 4.78 is 4.68. The van der Waals surface area contributed by atoms with E-state index in [0.29, 0.717) is 30.7 Å². The topological polar surface area (TPSA) is 87.8 Å². The average Bonchev–Trinajstić information content (AvgIpc) is 2.81. The van der Waals surface area contributed by atoms with Crippen LogP contribution in [-0.2, 0) is 26.1 Å². The highest BCUT2D eigenvalue weighted by Crippen LogP contribution is 2.12. The maximum absolute atomic E-state index is 12.8. The lowest BCUT2D eigenvalue weighted by molar-refractivity contribution is 0.408. The molecule has 2 aromatic heterocycles. The first-order chi connectivity index (χ1) is 10.2. The number of aryl methyl sites for hydroxylation is 3. The number of nitrogens with two attached hydrogens (primary N) is 1. The van der Waals surface area contributed by atoms with E-state index in [1.54, 1.807) is 18.4 Å². The van der Waals surface area contributed by atoms with Crippen molar-refractivity contribution in [2.24, 2.45) is 5.73 Å². The van der Waals surface area contributed by atoms with Crippen molar-refractivity contribution in [3.8, 4) is 0 Å². The number of imidazole rings is 1. The SMILES string of the molecule is CCc1nc2c(c(=O)n(CC(C)(C)N)c(=O)n2CC)n1CC. The molecule has 0 aliphatic rings. The van der Waals surface area contributed by atoms with Gasteiger partial charge in [-0.3, -0.25) is 13.9 Å². The van der Waals surface area contributed by atoms with Crippen LogP contribution in [0.4, 0.5) is 0 Å². The first kappa shape index (κ1) is 16.5. The lowest BCUT2D eigenvalue weighted by Crippen LogP contribution is -2.48. The van der Waals surface area contributed by atoms with Crippen LogP contribution in [0, 0.1) is 0 Å². The normalized spacial score (nSPS) is 12.3. The molecular weight excluding hydrogens is 282 g/mol. The largest absolute Gasteiger partial charge is 0.332 e. The van der Waals surface area contributed by atoms with Gasteiger partial charge in [-0.2, -0.15) is 0 Å². The van der Waals surface area contributed by atoms with E-state index >= 15 is 0 Å². The van der Waals surface area contributed by atoms with Gasteiger partial charge in [0.25, 0.3) is 5.56 Å². The molecule has 22 heavy (non-hydrogen) atoms. The first-order valence-corrected chi connectivity index (χ1v) is 7.76. The van der Waals surface area contributed by atoms with Gasteiger partial charge in [0.2, 0.25) is 0 Å². The van der Waals surface area contributed by atoms with Gasteiger partial charge in [-0.15, -0.1) is 0 Å². The summed E-state index contributed by atoms with van der Waals surface area (Å²) in [6, 6.07) is 0. The van der Waals surface area contributed by atoms with Gasteiger partial charge in [-0.05, 0) is 27.7 Å². The Morgan fingerprint density at radius 2 is 1.64 bits per heavy atom. The second-order valence-electron chi connectivity index (χ2n) is 6.20. The number of aromatic nitrogens is 4. The Balaban J connectivity index is 2.95. The Labute approximate surface area is 129 Å². The van der Waals surface area contributed by atoms with Crippen LogP contribution in [0.5, 0.6) is 0 Å². The molecule has 7 nitrogen and oxygen atoms in total. The van der Waals surface area contributed by atoms with Gasteiger partial charge in [-0.1, -0.05) is 6.92 Å². The van der Waals surface area contributed by atoms with Crippen molar-refractivity contribution in [1.29, 1.82) is 0 Å². The molecule has 0 atom stereocenters.